The van der Waals surface area contributed by atoms with E-state index in [4.69, 9.17) is 9.47 Å². The molecule has 0 aliphatic heterocycles. The largest absolute Gasteiger partial charge is 0.493 e. The Kier molecular flexibility index (Phi) is 5.22. The van der Waals surface area contributed by atoms with Crippen LogP contribution in [0.3, 0.4) is 0 Å². The van der Waals surface area contributed by atoms with Gasteiger partial charge < -0.3 is 14.8 Å². The van der Waals surface area contributed by atoms with Gasteiger partial charge >= 0.3 is 0 Å². The van der Waals surface area contributed by atoms with Crippen LogP contribution in [0.15, 0.2) is 18.2 Å². The normalized spacial score (nSPS) is 10.3. The molecule has 1 aromatic carbocycles. The molecule has 0 unspecified atom stereocenters. The van der Waals surface area contributed by atoms with Gasteiger partial charge in [-0.05, 0) is 54.6 Å². The number of nitrogens with one attached hydrogen (secondary N) is 1. The van der Waals surface area contributed by atoms with Gasteiger partial charge in [0.2, 0.25) is 0 Å². The van der Waals surface area contributed by atoms with Gasteiger partial charge in [-0.15, -0.1) is 0 Å². The van der Waals surface area contributed by atoms with Crippen LogP contribution < -0.4 is 14.8 Å². The average Bonchev–Trinajstić information content (AvgIpc) is 2.51. The van der Waals surface area contributed by atoms with Gasteiger partial charge in [-0.25, -0.2) is 9.97 Å². The maximum absolute atomic E-state index is 5.33. The van der Waals surface area contributed by atoms with Gasteiger partial charge in [0, 0.05) is 12.1 Å². The zero-order chi connectivity index (χ0) is 15.4. The number of rotatable bonds is 5. The van der Waals surface area contributed by atoms with E-state index in [9.17, 15) is 0 Å². The van der Waals surface area contributed by atoms with Crippen molar-refractivity contribution in [3.05, 3.63) is 27.5 Å². The smallest absolute Gasteiger partial charge is 0.161 e. The molecule has 0 fully saturated rings. The summed E-state index contributed by atoms with van der Waals surface area (Å²) in [5.74, 6) is 2.88. The van der Waals surface area contributed by atoms with Crippen LogP contribution in [-0.4, -0.2) is 30.7 Å². The number of ether oxygens (including phenoxy) is 2. The first-order chi connectivity index (χ1) is 10.1. The fourth-order valence-electron chi connectivity index (χ4n) is 1.95. The number of hydrogen-bond acceptors (Lipinski definition) is 5. The SMILES string of the molecule is CCNc1nc(-c2ccc(OC)c(OC)c2)nc(C)c1I. The van der Waals surface area contributed by atoms with E-state index < -0.39 is 0 Å². The third kappa shape index (κ3) is 3.37. The molecule has 0 aliphatic carbocycles. The van der Waals surface area contributed by atoms with E-state index >= 15 is 0 Å². The van der Waals surface area contributed by atoms with Crippen molar-refractivity contribution in [2.24, 2.45) is 0 Å². The minimum absolute atomic E-state index is 0.666. The lowest BCUT2D eigenvalue weighted by Crippen LogP contribution is -2.06. The molecule has 0 bridgehead atoms. The van der Waals surface area contributed by atoms with Crippen molar-refractivity contribution >= 4 is 28.4 Å². The lowest BCUT2D eigenvalue weighted by molar-refractivity contribution is 0.355. The Morgan fingerprint density at radius 2 is 1.86 bits per heavy atom. The molecule has 1 heterocycles. The molecule has 0 amide bonds. The molecule has 0 radical (unpaired) electrons. The Labute approximate surface area is 138 Å². The summed E-state index contributed by atoms with van der Waals surface area (Å²) < 4.78 is 11.6. The Morgan fingerprint density at radius 3 is 2.48 bits per heavy atom. The Hall–Kier alpha value is -1.57. The van der Waals surface area contributed by atoms with Crippen LogP contribution >= 0.6 is 22.6 Å². The third-order valence-corrected chi connectivity index (χ3v) is 4.29. The number of anilines is 1. The second kappa shape index (κ2) is 6.93. The van der Waals surface area contributed by atoms with E-state index in [0.29, 0.717) is 17.3 Å². The zero-order valence-corrected chi connectivity index (χ0v) is 14.7. The number of methoxy groups -OCH3 is 2. The number of nitrogens with zero attached hydrogens (tertiary/aromatic N) is 2. The van der Waals surface area contributed by atoms with E-state index in [1.54, 1.807) is 14.2 Å². The standard InChI is InChI=1S/C15H18IN3O2/c1-5-17-15-13(16)9(2)18-14(19-15)10-6-7-11(20-3)12(8-10)21-4/h6-8H,5H2,1-4H3,(H,17,18,19). The highest BCUT2D eigenvalue weighted by Gasteiger charge is 2.12. The Balaban J connectivity index is 2.51. The molecule has 2 rings (SSSR count). The first-order valence-corrected chi connectivity index (χ1v) is 7.69. The van der Waals surface area contributed by atoms with Crippen LogP contribution in [0.25, 0.3) is 11.4 Å². The van der Waals surface area contributed by atoms with Crippen molar-refractivity contribution in [3.63, 3.8) is 0 Å². The van der Waals surface area contributed by atoms with E-state index in [1.807, 2.05) is 32.0 Å². The highest BCUT2D eigenvalue weighted by atomic mass is 127. The van der Waals surface area contributed by atoms with Gasteiger partial charge in [0.05, 0.1) is 23.5 Å². The third-order valence-electron chi connectivity index (χ3n) is 3.00. The Morgan fingerprint density at radius 1 is 1.14 bits per heavy atom. The van der Waals surface area contributed by atoms with Gasteiger partial charge in [0.1, 0.15) is 5.82 Å². The van der Waals surface area contributed by atoms with Crippen LogP contribution in [0.2, 0.25) is 0 Å². The van der Waals surface area contributed by atoms with Crippen LogP contribution in [0.4, 0.5) is 5.82 Å². The quantitative estimate of drug-likeness (QED) is 0.781. The summed E-state index contributed by atoms with van der Waals surface area (Å²) in [6.45, 7) is 4.84. The highest BCUT2D eigenvalue weighted by Crippen LogP contribution is 2.32. The number of hydrogen-bond donors (Lipinski definition) is 1. The molecule has 0 saturated carbocycles. The van der Waals surface area contributed by atoms with E-state index in [2.05, 4.69) is 37.9 Å². The monoisotopic (exact) mass is 399 g/mol. The van der Waals surface area contributed by atoms with Crippen molar-refractivity contribution in [3.8, 4) is 22.9 Å². The summed E-state index contributed by atoms with van der Waals surface area (Å²) >= 11 is 2.26. The summed E-state index contributed by atoms with van der Waals surface area (Å²) in [4.78, 5) is 9.16. The minimum atomic E-state index is 0.666. The molecule has 0 spiro atoms. The molecule has 21 heavy (non-hydrogen) atoms. The van der Waals surface area contributed by atoms with Crippen molar-refractivity contribution in [1.82, 2.24) is 9.97 Å². The molecular weight excluding hydrogens is 381 g/mol. The maximum atomic E-state index is 5.33. The van der Waals surface area contributed by atoms with Crippen LogP contribution in [-0.2, 0) is 0 Å². The number of benzene rings is 1. The second-order valence-electron chi connectivity index (χ2n) is 4.40. The average molecular weight is 399 g/mol. The first-order valence-electron chi connectivity index (χ1n) is 6.61. The summed E-state index contributed by atoms with van der Waals surface area (Å²) in [5, 5.41) is 3.26. The molecule has 0 saturated heterocycles. The topological polar surface area (TPSA) is 56.3 Å². The van der Waals surface area contributed by atoms with Crippen molar-refractivity contribution in [2.45, 2.75) is 13.8 Å². The van der Waals surface area contributed by atoms with Gasteiger partial charge in [-0.3, -0.25) is 0 Å². The van der Waals surface area contributed by atoms with Crippen LogP contribution in [0.1, 0.15) is 12.6 Å². The molecule has 6 heteroatoms. The summed E-state index contributed by atoms with van der Waals surface area (Å²) in [7, 11) is 3.23. The second-order valence-corrected chi connectivity index (χ2v) is 5.47. The maximum Gasteiger partial charge on any atom is 0.161 e. The molecule has 1 aromatic heterocycles. The molecule has 0 atom stereocenters. The molecule has 1 N–H and O–H groups in total. The molecule has 0 aliphatic rings. The summed E-state index contributed by atoms with van der Waals surface area (Å²) in [6.07, 6.45) is 0. The fourth-order valence-corrected chi connectivity index (χ4v) is 2.38. The van der Waals surface area contributed by atoms with Gasteiger partial charge in [-0.2, -0.15) is 0 Å². The van der Waals surface area contributed by atoms with E-state index in [-0.39, 0.29) is 0 Å². The lowest BCUT2D eigenvalue weighted by Gasteiger charge is -2.12. The summed E-state index contributed by atoms with van der Waals surface area (Å²) in [6, 6.07) is 5.67. The number of halogens is 1. The fraction of sp³-hybridized carbons (Fsp3) is 0.333. The van der Waals surface area contributed by atoms with Crippen molar-refractivity contribution in [1.29, 1.82) is 0 Å². The van der Waals surface area contributed by atoms with Crippen LogP contribution in [0.5, 0.6) is 11.5 Å². The zero-order valence-electron chi connectivity index (χ0n) is 12.5. The molecule has 2 aromatic rings. The molecule has 5 nitrogen and oxygen atoms in total. The van der Waals surface area contributed by atoms with Crippen molar-refractivity contribution in [2.75, 3.05) is 26.1 Å². The number of aryl methyl sites for hydroxylation is 1. The number of aromatic nitrogens is 2. The predicted octanol–water partition coefficient (Wildman–Crippen LogP) is 3.51. The molecule has 112 valence electrons. The summed E-state index contributed by atoms with van der Waals surface area (Å²) in [5.41, 5.74) is 1.85. The van der Waals surface area contributed by atoms with Crippen molar-refractivity contribution < 1.29 is 9.47 Å². The van der Waals surface area contributed by atoms with Gasteiger partial charge in [0.25, 0.3) is 0 Å². The van der Waals surface area contributed by atoms with Gasteiger partial charge in [0.15, 0.2) is 17.3 Å². The van der Waals surface area contributed by atoms with E-state index in [1.165, 1.54) is 0 Å². The van der Waals surface area contributed by atoms with Gasteiger partial charge in [-0.1, -0.05) is 0 Å². The molecular formula is C15H18IN3O2. The minimum Gasteiger partial charge on any atom is -0.493 e. The van der Waals surface area contributed by atoms with E-state index in [0.717, 1.165) is 27.2 Å². The van der Waals surface area contributed by atoms with Crippen LogP contribution in [0, 0.1) is 10.5 Å². The highest BCUT2D eigenvalue weighted by molar-refractivity contribution is 14.1. The predicted molar refractivity (Wildman–Crippen MR) is 92.2 cm³/mol. The first kappa shape index (κ1) is 15.8. The Bertz CT molecular complexity index is 647. The lowest BCUT2D eigenvalue weighted by atomic mass is 10.2.